The fourth-order valence-electron chi connectivity index (χ4n) is 1.79. The summed E-state index contributed by atoms with van der Waals surface area (Å²) < 4.78 is 23.3. The first-order valence-corrected chi connectivity index (χ1v) is 6.67. The van der Waals surface area contributed by atoms with E-state index in [1.807, 2.05) is 6.07 Å². The van der Waals surface area contributed by atoms with Gasteiger partial charge in [0, 0.05) is 5.56 Å². The molecule has 0 saturated carbocycles. The first-order valence-electron chi connectivity index (χ1n) is 6.67. The minimum absolute atomic E-state index is 0.000313. The van der Waals surface area contributed by atoms with Gasteiger partial charge in [-0.2, -0.15) is 5.26 Å². The summed E-state index contributed by atoms with van der Waals surface area (Å²) in [7, 11) is 0. The van der Waals surface area contributed by atoms with Crippen molar-refractivity contribution in [2.75, 3.05) is 0 Å². The number of carbonyl (C=O) groups excluding carboxylic acids is 1. The minimum Gasteiger partial charge on any atom is -0.479 e. The summed E-state index contributed by atoms with van der Waals surface area (Å²) >= 11 is 0. The Morgan fingerprint density at radius 2 is 1.91 bits per heavy atom. The molecule has 2 aromatic rings. The number of rotatable bonds is 5. The third kappa shape index (κ3) is 4.06. The van der Waals surface area contributed by atoms with Crippen molar-refractivity contribution in [3.8, 4) is 11.8 Å². The van der Waals surface area contributed by atoms with E-state index in [-0.39, 0.29) is 12.4 Å². The van der Waals surface area contributed by atoms with E-state index >= 15 is 0 Å². The van der Waals surface area contributed by atoms with Crippen molar-refractivity contribution in [2.45, 2.75) is 19.6 Å². The lowest BCUT2D eigenvalue weighted by atomic mass is 10.1. The van der Waals surface area contributed by atoms with Crippen LogP contribution in [0.25, 0.3) is 0 Å². The van der Waals surface area contributed by atoms with Gasteiger partial charge in [-0.25, -0.2) is 9.18 Å². The van der Waals surface area contributed by atoms with Gasteiger partial charge in [0.2, 0.25) is 0 Å². The summed E-state index contributed by atoms with van der Waals surface area (Å²) in [5, 5.41) is 8.96. The normalized spacial score (nSPS) is 11.3. The molecule has 0 bridgehead atoms. The third-order valence-corrected chi connectivity index (χ3v) is 2.97. The van der Waals surface area contributed by atoms with Gasteiger partial charge < -0.3 is 9.47 Å². The van der Waals surface area contributed by atoms with Crippen molar-refractivity contribution in [2.24, 2.45) is 0 Å². The van der Waals surface area contributed by atoms with Crippen LogP contribution in [0.15, 0.2) is 48.5 Å². The summed E-state index contributed by atoms with van der Waals surface area (Å²) in [5.41, 5.74) is 1.09. The minimum atomic E-state index is -0.834. The second kappa shape index (κ2) is 7.23. The largest absolute Gasteiger partial charge is 0.479 e. The molecule has 0 radical (unpaired) electrons. The summed E-state index contributed by atoms with van der Waals surface area (Å²) in [6, 6.07) is 14.3. The molecule has 0 aliphatic rings. The Balaban J connectivity index is 1.91. The number of benzene rings is 2. The molecule has 112 valence electrons. The Bertz CT molecular complexity index is 692. The lowest BCUT2D eigenvalue weighted by Gasteiger charge is -2.14. The SMILES string of the molecule is C[C@@H](Oc1ccc(F)cc1)C(=O)OCc1ccccc1C#N. The number of halogens is 1. The second-order valence-electron chi connectivity index (χ2n) is 4.59. The maximum atomic E-state index is 12.8. The van der Waals surface area contributed by atoms with Crippen LogP contribution < -0.4 is 4.74 Å². The molecule has 1 atom stereocenters. The first kappa shape index (κ1) is 15.5. The molecule has 0 aliphatic carbocycles. The van der Waals surface area contributed by atoms with Crippen molar-refractivity contribution < 1.29 is 18.7 Å². The predicted molar refractivity (Wildman–Crippen MR) is 77.4 cm³/mol. The molecule has 22 heavy (non-hydrogen) atoms. The van der Waals surface area contributed by atoms with Crippen LogP contribution in [-0.4, -0.2) is 12.1 Å². The fraction of sp³-hybridized carbons (Fsp3) is 0.176. The van der Waals surface area contributed by atoms with Crippen LogP contribution in [0.4, 0.5) is 4.39 Å². The number of hydrogen-bond acceptors (Lipinski definition) is 4. The number of carbonyl (C=O) groups is 1. The molecule has 0 N–H and O–H groups in total. The van der Waals surface area contributed by atoms with Crippen LogP contribution in [0.5, 0.6) is 5.75 Å². The van der Waals surface area contributed by atoms with Crippen molar-refractivity contribution in [1.82, 2.24) is 0 Å². The van der Waals surface area contributed by atoms with Gasteiger partial charge in [0.05, 0.1) is 11.6 Å². The highest BCUT2D eigenvalue weighted by Gasteiger charge is 2.17. The summed E-state index contributed by atoms with van der Waals surface area (Å²) in [6.07, 6.45) is -0.834. The Kier molecular flexibility index (Phi) is 5.10. The number of hydrogen-bond donors (Lipinski definition) is 0. The van der Waals surface area contributed by atoms with E-state index in [2.05, 4.69) is 0 Å². The molecular formula is C17H14FNO3. The number of nitrogens with zero attached hydrogens (tertiary/aromatic N) is 1. The maximum Gasteiger partial charge on any atom is 0.347 e. The molecule has 0 spiro atoms. The lowest BCUT2D eigenvalue weighted by molar-refractivity contribution is -0.152. The molecule has 0 saturated heterocycles. The third-order valence-electron chi connectivity index (χ3n) is 2.97. The van der Waals surface area contributed by atoms with E-state index in [0.717, 1.165) is 0 Å². The Hall–Kier alpha value is -2.87. The number of esters is 1. The van der Waals surface area contributed by atoms with E-state index in [1.165, 1.54) is 24.3 Å². The first-order chi connectivity index (χ1) is 10.6. The van der Waals surface area contributed by atoms with E-state index in [4.69, 9.17) is 14.7 Å². The van der Waals surface area contributed by atoms with Gasteiger partial charge >= 0.3 is 5.97 Å². The van der Waals surface area contributed by atoms with E-state index in [0.29, 0.717) is 16.9 Å². The zero-order valence-corrected chi connectivity index (χ0v) is 12.0. The molecule has 0 aromatic heterocycles. The van der Waals surface area contributed by atoms with Crippen LogP contribution in [0.3, 0.4) is 0 Å². The van der Waals surface area contributed by atoms with Gasteiger partial charge in [-0.3, -0.25) is 0 Å². The Labute approximate surface area is 127 Å². The van der Waals surface area contributed by atoms with Gasteiger partial charge in [-0.1, -0.05) is 18.2 Å². The van der Waals surface area contributed by atoms with Crippen LogP contribution in [-0.2, 0) is 16.1 Å². The van der Waals surface area contributed by atoms with Gasteiger partial charge in [-0.05, 0) is 37.3 Å². The molecule has 0 fully saturated rings. The Morgan fingerprint density at radius 1 is 1.23 bits per heavy atom. The van der Waals surface area contributed by atoms with E-state index in [9.17, 15) is 9.18 Å². The standard InChI is InChI=1S/C17H14FNO3/c1-12(22-16-8-6-15(18)7-9-16)17(20)21-11-14-5-3-2-4-13(14)10-19/h2-9,12H,11H2,1H3/t12-/m1/s1. The van der Waals surface area contributed by atoms with Crippen molar-refractivity contribution in [1.29, 1.82) is 5.26 Å². The molecular weight excluding hydrogens is 285 g/mol. The van der Waals surface area contributed by atoms with Crippen LogP contribution in [0.2, 0.25) is 0 Å². The lowest BCUT2D eigenvalue weighted by Crippen LogP contribution is -2.26. The molecule has 5 heteroatoms. The van der Waals surface area contributed by atoms with Crippen molar-refractivity contribution in [3.63, 3.8) is 0 Å². The van der Waals surface area contributed by atoms with Gasteiger partial charge in [-0.15, -0.1) is 0 Å². The van der Waals surface area contributed by atoms with Crippen molar-refractivity contribution in [3.05, 3.63) is 65.5 Å². The van der Waals surface area contributed by atoms with E-state index in [1.54, 1.807) is 31.2 Å². The smallest absolute Gasteiger partial charge is 0.347 e. The fourth-order valence-corrected chi connectivity index (χ4v) is 1.79. The summed E-state index contributed by atoms with van der Waals surface area (Å²) in [4.78, 5) is 11.9. The topological polar surface area (TPSA) is 59.3 Å². The van der Waals surface area contributed by atoms with Crippen LogP contribution in [0, 0.1) is 17.1 Å². The molecule has 2 aromatic carbocycles. The summed E-state index contributed by atoms with van der Waals surface area (Å²) in [5.74, 6) is -0.559. The zero-order valence-electron chi connectivity index (χ0n) is 12.0. The zero-order chi connectivity index (χ0) is 15.9. The number of nitriles is 1. The van der Waals surface area contributed by atoms with Crippen molar-refractivity contribution >= 4 is 5.97 Å². The van der Waals surface area contributed by atoms with E-state index < -0.39 is 12.1 Å². The maximum absolute atomic E-state index is 12.8. The Morgan fingerprint density at radius 3 is 2.59 bits per heavy atom. The molecule has 0 amide bonds. The summed E-state index contributed by atoms with van der Waals surface area (Å²) in [6.45, 7) is 1.54. The second-order valence-corrected chi connectivity index (χ2v) is 4.59. The molecule has 0 heterocycles. The highest BCUT2D eigenvalue weighted by Crippen LogP contribution is 2.14. The molecule has 2 rings (SSSR count). The highest BCUT2D eigenvalue weighted by atomic mass is 19.1. The van der Waals surface area contributed by atoms with Gasteiger partial charge in [0.25, 0.3) is 0 Å². The van der Waals surface area contributed by atoms with Crippen LogP contribution in [0.1, 0.15) is 18.1 Å². The van der Waals surface area contributed by atoms with Gasteiger partial charge in [0.15, 0.2) is 6.10 Å². The molecule has 0 aliphatic heterocycles. The molecule has 4 nitrogen and oxygen atoms in total. The average molecular weight is 299 g/mol. The monoisotopic (exact) mass is 299 g/mol. The predicted octanol–water partition coefficient (Wildman–Crippen LogP) is 3.21. The quantitative estimate of drug-likeness (QED) is 0.795. The van der Waals surface area contributed by atoms with Gasteiger partial charge in [0.1, 0.15) is 18.2 Å². The van der Waals surface area contributed by atoms with Crippen LogP contribution >= 0.6 is 0 Å². The molecule has 0 unspecified atom stereocenters. The average Bonchev–Trinajstić information content (AvgIpc) is 2.54. The number of ether oxygens (including phenoxy) is 2. The highest BCUT2D eigenvalue weighted by molar-refractivity contribution is 5.74.